The van der Waals surface area contributed by atoms with Crippen LogP contribution in [-0.4, -0.2) is 17.9 Å². The lowest BCUT2D eigenvalue weighted by molar-refractivity contribution is 0.481. The Labute approximate surface area is 105 Å². The number of hydrogen-bond donors (Lipinski definition) is 2. The van der Waals surface area contributed by atoms with E-state index in [1.54, 1.807) is 6.92 Å². The van der Waals surface area contributed by atoms with Crippen molar-refractivity contribution in [2.75, 3.05) is 6.54 Å². The summed E-state index contributed by atoms with van der Waals surface area (Å²) < 4.78 is 0. The van der Waals surface area contributed by atoms with Crippen LogP contribution in [0.5, 0.6) is 0 Å². The van der Waals surface area contributed by atoms with E-state index in [1.807, 2.05) is 19.9 Å². The summed E-state index contributed by atoms with van der Waals surface area (Å²) in [6.07, 6.45) is 6.11. The van der Waals surface area contributed by atoms with Gasteiger partial charge in [0, 0.05) is 5.54 Å². The molecule has 0 aliphatic carbocycles. The van der Waals surface area contributed by atoms with Gasteiger partial charge in [-0.2, -0.15) is 0 Å². The molecular formula is C10H23Cl2N3. The van der Waals surface area contributed by atoms with Crippen molar-refractivity contribution >= 4 is 30.6 Å². The molecule has 0 saturated carbocycles. The third-order valence-corrected chi connectivity index (χ3v) is 1.57. The van der Waals surface area contributed by atoms with E-state index in [0.29, 0.717) is 12.4 Å². The fourth-order valence-corrected chi connectivity index (χ4v) is 0.844. The summed E-state index contributed by atoms with van der Waals surface area (Å²) in [7, 11) is 0. The first-order chi connectivity index (χ1) is 5.92. The molecule has 0 aromatic carbocycles. The topological polar surface area (TPSA) is 64.4 Å². The van der Waals surface area contributed by atoms with Crippen molar-refractivity contribution in [2.45, 2.75) is 39.2 Å². The van der Waals surface area contributed by atoms with Gasteiger partial charge in [-0.05, 0) is 33.6 Å². The van der Waals surface area contributed by atoms with Crippen LogP contribution in [-0.2, 0) is 0 Å². The normalized spacial score (nSPS) is 12.1. The van der Waals surface area contributed by atoms with E-state index < -0.39 is 0 Å². The van der Waals surface area contributed by atoms with Gasteiger partial charge < -0.3 is 11.5 Å². The molecule has 0 rings (SSSR count). The molecule has 0 aromatic heterocycles. The minimum atomic E-state index is -0.0720. The standard InChI is InChI=1S/C10H21N3.2ClH/c1-9(11)13-8-6-4-5-7-10(2,3)12;;/h4,6H,5,7-8,12H2,1-3H3,(H2,11,13);2*1H/b6-4-;;. The second-order valence-corrected chi connectivity index (χ2v) is 3.98. The lowest BCUT2D eigenvalue weighted by Crippen LogP contribution is -2.31. The molecule has 5 heteroatoms. The number of rotatable bonds is 5. The Morgan fingerprint density at radius 2 is 1.80 bits per heavy atom. The second kappa shape index (κ2) is 10.3. The lowest BCUT2D eigenvalue weighted by Gasteiger charge is -2.16. The number of allylic oxidation sites excluding steroid dienone is 1. The lowest BCUT2D eigenvalue weighted by atomic mass is 10.0. The summed E-state index contributed by atoms with van der Waals surface area (Å²) in [5.74, 6) is 0.629. The first-order valence-electron chi connectivity index (χ1n) is 4.62. The molecule has 0 heterocycles. The maximum atomic E-state index is 5.82. The molecule has 0 aromatic rings. The van der Waals surface area contributed by atoms with Crippen LogP contribution in [0.1, 0.15) is 33.6 Å². The van der Waals surface area contributed by atoms with Crippen LogP contribution in [0.15, 0.2) is 17.1 Å². The van der Waals surface area contributed by atoms with E-state index in [9.17, 15) is 0 Å². The van der Waals surface area contributed by atoms with E-state index >= 15 is 0 Å². The Morgan fingerprint density at radius 1 is 1.27 bits per heavy atom. The zero-order valence-electron chi connectivity index (χ0n) is 9.69. The first-order valence-corrected chi connectivity index (χ1v) is 4.62. The molecule has 0 spiro atoms. The van der Waals surface area contributed by atoms with Crippen molar-refractivity contribution in [3.63, 3.8) is 0 Å². The van der Waals surface area contributed by atoms with E-state index in [0.717, 1.165) is 12.8 Å². The summed E-state index contributed by atoms with van der Waals surface area (Å²) in [6.45, 7) is 6.52. The maximum Gasteiger partial charge on any atom is 0.0909 e. The van der Waals surface area contributed by atoms with Gasteiger partial charge in [-0.25, -0.2) is 0 Å². The summed E-state index contributed by atoms with van der Waals surface area (Å²) in [4.78, 5) is 4.03. The fraction of sp³-hybridized carbons (Fsp3) is 0.700. The first kappa shape index (κ1) is 20.2. The van der Waals surface area contributed by atoms with Gasteiger partial charge >= 0.3 is 0 Å². The minimum absolute atomic E-state index is 0. The van der Waals surface area contributed by atoms with Gasteiger partial charge in [-0.15, -0.1) is 24.8 Å². The number of nitrogens with zero attached hydrogens (tertiary/aromatic N) is 1. The highest BCUT2D eigenvalue weighted by atomic mass is 35.5. The molecule has 15 heavy (non-hydrogen) atoms. The van der Waals surface area contributed by atoms with Crippen molar-refractivity contribution in [1.82, 2.24) is 0 Å². The Bertz CT molecular complexity index is 191. The maximum absolute atomic E-state index is 5.82. The summed E-state index contributed by atoms with van der Waals surface area (Å²) >= 11 is 0. The van der Waals surface area contributed by atoms with Gasteiger partial charge in [-0.1, -0.05) is 12.2 Å². The summed E-state index contributed by atoms with van der Waals surface area (Å²) in [6, 6.07) is 0. The minimum Gasteiger partial charge on any atom is -0.388 e. The average Bonchev–Trinajstić information content (AvgIpc) is 1.93. The summed E-state index contributed by atoms with van der Waals surface area (Å²) in [5, 5.41) is 0. The van der Waals surface area contributed by atoms with Crippen LogP contribution >= 0.6 is 24.8 Å². The largest absolute Gasteiger partial charge is 0.388 e. The van der Waals surface area contributed by atoms with E-state index in [-0.39, 0.29) is 30.4 Å². The Balaban J connectivity index is -0.000000720. The van der Waals surface area contributed by atoms with Gasteiger partial charge in [0.1, 0.15) is 0 Å². The summed E-state index contributed by atoms with van der Waals surface area (Å²) in [5.41, 5.74) is 11.1. The van der Waals surface area contributed by atoms with Gasteiger partial charge in [0.15, 0.2) is 0 Å². The third-order valence-electron chi connectivity index (χ3n) is 1.57. The van der Waals surface area contributed by atoms with E-state index in [2.05, 4.69) is 11.1 Å². The zero-order chi connectivity index (χ0) is 10.3. The van der Waals surface area contributed by atoms with Crippen molar-refractivity contribution in [2.24, 2.45) is 16.5 Å². The molecule has 0 bridgehead atoms. The van der Waals surface area contributed by atoms with Gasteiger partial charge in [0.05, 0.1) is 12.4 Å². The molecule has 0 aliphatic rings. The molecule has 3 nitrogen and oxygen atoms in total. The predicted molar refractivity (Wildman–Crippen MR) is 73.3 cm³/mol. The molecular weight excluding hydrogens is 233 g/mol. The van der Waals surface area contributed by atoms with Crippen LogP contribution in [0, 0.1) is 0 Å². The number of aliphatic imine (C=N–C) groups is 1. The third kappa shape index (κ3) is 20.0. The Morgan fingerprint density at radius 3 is 2.20 bits per heavy atom. The average molecular weight is 256 g/mol. The molecule has 4 N–H and O–H groups in total. The van der Waals surface area contributed by atoms with Crippen LogP contribution in [0.2, 0.25) is 0 Å². The number of amidine groups is 1. The van der Waals surface area contributed by atoms with Gasteiger partial charge in [0.25, 0.3) is 0 Å². The highest BCUT2D eigenvalue weighted by Crippen LogP contribution is 2.06. The van der Waals surface area contributed by atoms with Gasteiger partial charge in [-0.3, -0.25) is 4.99 Å². The van der Waals surface area contributed by atoms with Crippen LogP contribution in [0.3, 0.4) is 0 Å². The monoisotopic (exact) mass is 255 g/mol. The second-order valence-electron chi connectivity index (χ2n) is 3.98. The fourth-order valence-electron chi connectivity index (χ4n) is 0.844. The molecule has 92 valence electrons. The van der Waals surface area contributed by atoms with Crippen molar-refractivity contribution in [3.05, 3.63) is 12.2 Å². The molecule has 0 saturated heterocycles. The smallest absolute Gasteiger partial charge is 0.0909 e. The quantitative estimate of drug-likeness (QED) is 0.450. The molecule has 0 atom stereocenters. The molecule has 0 amide bonds. The molecule has 0 fully saturated rings. The molecule has 0 radical (unpaired) electrons. The molecule has 0 unspecified atom stereocenters. The van der Waals surface area contributed by atoms with Crippen LogP contribution < -0.4 is 11.5 Å². The Kier molecular flexibility index (Phi) is 13.8. The predicted octanol–water partition coefficient (Wildman–Crippen LogP) is 2.28. The van der Waals surface area contributed by atoms with Crippen molar-refractivity contribution in [3.8, 4) is 0 Å². The zero-order valence-corrected chi connectivity index (χ0v) is 11.3. The van der Waals surface area contributed by atoms with Crippen molar-refractivity contribution < 1.29 is 0 Å². The highest BCUT2D eigenvalue weighted by molar-refractivity contribution is 5.85. The number of hydrogen-bond acceptors (Lipinski definition) is 2. The number of halogens is 2. The van der Waals surface area contributed by atoms with E-state index in [1.165, 1.54) is 0 Å². The SMILES string of the molecule is CC(N)=NC/C=C\CCC(C)(C)N.Cl.Cl. The van der Waals surface area contributed by atoms with E-state index in [4.69, 9.17) is 11.5 Å². The van der Waals surface area contributed by atoms with Crippen LogP contribution in [0.4, 0.5) is 0 Å². The van der Waals surface area contributed by atoms with Crippen LogP contribution in [0.25, 0.3) is 0 Å². The Hall–Kier alpha value is -0.250. The molecule has 0 aliphatic heterocycles. The number of nitrogens with two attached hydrogens (primary N) is 2. The van der Waals surface area contributed by atoms with Crippen molar-refractivity contribution in [1.29, 1.82) is 0 Å². The van der Waals surface area contributed by atoms with Gasteiger partial charge in [0.2, 0.25) is 0 Å². The highest BCUT2D eigenvalue weighted by Gasteiger charge is 2.07.